The van der Waals surface area contributed by atoms with E-state index in [4.69, 9.17) is 5.11 Å². The predicted octanol–water partition coefficient (Wildman–Crippen LogP) is 1.61. The molecule has 0 saturated heterocycles. The molecule has 0 aliphatic heterocycles. The normalized spacial score (nSPS) is 14.9. The highest BCUT2D eigenvalue weighted by Crippen LogP contribution is 2.30. The summed E-state index contributed by atoms with van der Waals surface area (Å²) >= 11 is 0. The van der Waals surface area contributed by atoms with Crippen molar-refractivity contribution in [3.63, 3.8) is 0 Å². The summed E-state index contributed by atoms with van der Waals surface area (Å²) in [5.74, 6) is 0. The first-order chi connectivity index (χ1) is 5.02. The molecule has 2 N–H and O–H groups in total. The summed E-state index contributed by atoms with van der Waals surface area (Å²) in [6.07, 6.45) is -5.67. The zero-order valence-corrected chi connectivity index (χ0v) is 5.39. The second-order valence-electron chi connectivity index (χ2n) is 2.07. The molecule has 0 saturated carbocycles. The maximum absolute atomic E-state index is 11.7. The molecule has 0 aliphatic rings. The number of aromatic amines is 1. The molecule has 1 aromatic heterocycles. The minimum Gasteiger partial charge on any atom is -0.378 e. The first-order valence-corrected chi connectivity index (χ1v) is 2.90. The van der Waals surface area contributed by atoms with E-state index in [-0.39, 0.29) is 5.69 Å². The van der Waals surface area contributed by atoms with Crippen LogP contribution in [-0.2, 0) is 0 Å². The molecule has 1 heterocycles. The van der Waals surface area contributed by atoms with E-state index in [1.807, 2.05) is 0 Å². The second-order valence-corrected chi connectivity index (χ2v) is 2.07. The van der Waals surface area contributed by atoms with E-state index in [0.29, 0.717) is 0 Å². The molecule has 11 heavy (non-hydrogen) atoms. The SMILES string of the molecule is O[C@@H](c1ccc[nH]1)C(F)(F)F. The second kappa shape index (κ2) is 2.58. The largest absolute Gasteiger partial charge is 0.420 e. The van der Waals surface area contributed by atoms with Crippen molar-refractivity contribution in [3.05, 3.63) is 24.0 Å². The predicted molar refractivity (Wildman–Crippen MR) is 31.8 cm³/mol. The van der Waals surface area contributed by atoms with Crippen molar-refractivity contribution in [1.29, 1.82) is 0 Å². The van der Waals surface area contributed by atoms with Gasteiger partial charge in [0.1, 0.15) is 0 Å². The van der Waals surface area contributed by atoms with Gasteiger partial charge in [-0.1, -0.05) is 0 Å². The lowest BCUT2D eigenvalue weighted by molar-refractivity contribution is -0.207. The van der Waals surface area contributed by atoms with Gasteiger partial charge in [0.05, 0.1) is 5.69 Å². The summed E-state index contributed by atoms with van der Waals surface area (Å²) in [5, 5.41) is 8.59. The number of hydrogen-bond acceptors (Lipinski definition) is 1. The first kappa shape index (κ1) is 8.13. The maximum Gasteiger partial charge on any atom is 0.420 e. The third-order valence-corrected chi connectivity index (χ3v) is 1.23. The third kappa shape index (κ3) is 1.74. The van der Waals surface area contributed by atoms with Crippen LogP contribution in [0.3, 0.4) is 0 Å². The smallest absolute Gasteiger partial charge is 0.378 e. The Hall–Kier alpha value is -0.970. The van der Waals surface area contributed by atoms with Gasteiger partial charge in [0, 0.05) is 6.20 Å². The van der Waals surface area contributed by atoms with Crippen LogP contribution in [0.5, 0.6) is 0 Å². The van der Waals surface area contributed by atoms with Crippen LogP contribution in [0.4, 0.5) is 13.2 Å². The molecule has 0 amide bonds. The fourth-order valence-corrected chi connectivity index (χ4v) is 0.691. The number of aliphatic hydroxyl groups excluding tert-OH is 1. The van der Waals surface area contributed by atoms with E-state index in [1.54, 1.807) is 0 Å². The first-order valence-electron chi connectivity index (χ1n) is 2.90. The van der Waals surface area contributed by atoms with Crippen molar-refractivity contribution in [1.82, 2.24) is 4.98 Å². The molecule has 0 fully saturated rings. The van der Waals surface area contributed by atoms with Gasteiger partial charge in [-0.25, -0.2) is 0 Å². The topological polar surface area (TPSA) is 36.0 Å². The molecule has 2 nitrogen and oxygen atoms in total. The molecule has 1 rings (SSSR count). The highest BCUT2D eigenvalue weighted by atomic mass is 19.4. The van der Waals surface area contributed by atoms with Crippen LogP contribution < -0.4 is 0 Å². The molecule has 1 atom stereocenters. The van der Waals surface area contributed by atoms with Crippen LogP contribution in [0.15, 0.2) is 18.3 Å². The van der Waals surface area contributed by atoms with Gasteiger partial charge in [-0.3, -0.25) is 0 Å². The minimum absolute atomic E-state index is 0.238. The Morgan fingerprint density at radius 1 is 1.45 bits per heavy atom. The van der Waals surface area contributed by atoms with Gasteiger partial charge < -0.3 is 10.1 Å². The van der Waals surface area contributed by atoms with E-state index in [9.17, 15) is 13.2 Å². The summed E-state index contributed by atoms with van der Waals surface area (Å²) in [6, 6.07) is 2.57. The molecule has 0 aromatic carbocycles. The van der Waals surface area contributed by atoms with Crippen molar-refractivity contribution in [2.45, 2.75) is 12.3 Å². The number of halogens is 3. The maximum atomic E-state index is 11.7. The van der Waals surface area contributed by atoms with Gasteiger partial charge in [-0.05, 0) is 12.1 Å². The Balaban J connectivity index is 2.78. The van der Waals surface area contributed by atoms with E-state index in [0.717, 1.165) is 0 Å². The van der Waals surface area contributed by atoms with Crippen LogP contribution in [0.25, 0.3) is 0 Å². The molecular weight excluding hydrogens is 159 g/mol. The molecule has 1 aromatic rings. The fraction of sp³-hybridized carbons (Fsp3) is 0.333. The molecule has 0 unspecified atom stereocenters. The Morgan fingerprint density at radius 3 is 2.45 bits per heavy atom. The zero-order valence-electron chi connectivity index (χ0n) is 5.39. The van der Waals surface area contributed by atoms with Crippen molar-refractivity contribution in [2.75, 3.05) is 0 Å². The zero-order chi connectivity index (χ0) is 8.48. The molecule has 0 bridgehead atoms. The molecule has 0 aliphatic carbocycles. The van der Waals surface area contributed by atoms with E-state index >= 15 is 0 Å². The third-order valence-electron chi connectivity index (χ3n) is 1.23. The average molecular weight is 165 g/mol. The van der Waals surface area contributed by atoms with Gasteiger partial charge in [0.15, 0.2) is 6.10 Å². The van der Waals surface area contributed by atoms with Crippen molar-refractivity contribution in [3.8, 4) is 0 Å². The Labute approximate surface area is 60.7 Å². The number of nitrogens with one attached hydrogen (secondary N) is 1. The molecule has 0 radical (unpaired) electrons. The summed E-state index contributed by atoms with van der Waals surface area (Å²) in [5.41, 5.74) is -0.238. The van der Waals surface area contributed by atoms with Crippen LogP contribution in [0.1, 0.15) is 11.8 Å². The monoisotopic (exact) mass is 165 g/mol. The number of H-pyrrole nitrogens is 1. The minimum atomic E-state index is -4.59. The van der Waals surface area contributed by atoms with Gasteiger partial charge in [-0.15, -0.1) is 0 Å². The van der Waals surface area contributed by atoms with Crippen LogP contribution in [0.2, 0.25) is 0 Å². The standard InChI is InChI=1S/C6H6F3NO/c7-6(8,9)5(11)4-2-1-3-10-4/h1-3,5,10-11H/t5-/m0/s1. The lowest BCUT2D eigenvalue weighted by Gasteiger charge is -2.12. The number of aromatic nitrogens is 1. The summed E-state index contributed by atoms with van der Waals surface area (Å²) < 4.78 is 35.2. The fourth-order valence-electron chi connectivity index (χ4n) is 0.691. The van der Waals surface area contributed by atoms with Crippen molar-refractivity contribution >= 4 is 0 Å². The van der Waals surface area contributed by atoms with Gasteiger partial charge in [0.2, 0.25) is 0 Å². The quantitative estimate of drug-likeness (QED) is 0.651. The van der Waals surface area contributed by atoms with E-state index in [2.05, 4.69) is 4.98 Å². The highest BCUT2D eigenvalue weighted by molar-refractivity contribution is 5.08. The molecular formula is C6H6F3NO. The summed E-state index contributed by atoms with van der Waals surface area (Å²) in [6.45, 7) is 0. The van der Waals surface area contributed by atoms with Crippen LogP contribution in [-0.4, -0.2) is 16.3 Å². The number of hydrogen-bond donors (Lipinski definition) is 2. The number of rotatable bonds is 1. The van der Waals surface area contributed by atoms with E-state index < -0.39 is 12.3 Å². The molecule has 62 valence electrons. The summed E-state index contributed by atoms with van der Waals surface area (Å²) in [4.78, 5) is 2.27. The Kier molecular flexibility index (Phi) is 1.90. The Bertz CT molecular complexity index is 216. The lowest BCUT2D eigenvalue weighted by atomic mass is 10.2. The van der Waals surface area contributed by atoms with Crippen molar-refractivity contribution < 1.29 is 18.3 Å². The van der Waals surface area contributed by atoms with Crippen LogP contribution >= 0.6 is 0 Å². The molecule has 0 spiro atoms. The highest BCUT2D eigenvalue weighted by Gasteiger charge is 2.39. The number of aliphatic hydroxyl groups is 1. The number of alkyl halides is 3. The average Bonchev–Trinajstić information content (AvgIpc) is 2.34. The van der Waals surface area contributed by atoms with Crippen molar-refractivity contribution in [2.24, 2.45) is 0 Å². The Morgan fingerprint density at radius 2 is 2.09 bits per heavy atom. The molecule has 5 heteroatoms. The van der Waals surface area contributed by atoms with Gasteiger partial charge in [0.25, 0.3) is 0 Å². The lowest BCUT2D eigenvalue weighted by Crippen LogP contribution is -2.20. The van der Waals surface area contributed by atoms with Gasteiger partial charge in [-0.2, -0.15) is 13.2 Å². The van der Waals surface area contributed by atoms with E-state index in [1.165, 1.54) is 18.3 Å². The van der Waals surface area contributed by atoms with Crippen LogP contribution in [0, 0.1) is 0 Å². The van der Waals surface area contributed by atoms with Gasteiger partial charge >= 0.3 is 6.18 Å². The summed E-state index contributed by atoms with van der Waals surface area (Å²) in [7, 11) is 0.